The zero-order valence-electron chi connectivity index (χ0n) is 11.7. The molecule has 0 aliphatic carbocycles. The van der Waals surface area contributed by atoms with Crippen molar-refractivity contribution >= 4 is 49.1 Å². The van der Waals surface area contributed by atoms with E-state index in [1.54, 1.807) is 0 Å². The van der Waals surface area contributed by atoms with E-state index in [-0.39, 0.29) is 0 Å². The first-order valence-electron chi connectivity index (χ1n) is 7.09. The third-order valence-corrected chi connectivity index (χ3v) is 4.95. The molecule has 0 heterocycles. The van der Waals surface area contributed by atoms with Crippen molar-refractivity contribution in [3.05, 3.63) is 82.3 Å². The Balaban J connectivity index is 2.01. The molecule has 2 heteroatoms. The molecule has 4 aromatic carbocycles. The van der Waals surface area contributed by atoms with Gasteiger partial charge in [0.25, 0.3) is 0 Å². The summed E-state index contributed by atoms with van der Waals surface area (Å²) in [5.41, 5.74) is 2.38. The highest BCUT2D eigenvalue weighted by molar-refractivity contribution is 9.10. The lowest BCUT2D eigenvalue weighted by Gasteiger charge is -2.08. The van der Waals surface area contributed by atoms with Crippen LogP contribution in [0, 0.1) is 0 Å². The van der Waals surface area contributed by atoms with Gasteiger partial charge in [-0.2, -0.15) is 0 Å². The maximum absolute atomic E-state index is 5.98. The van der Waals surface area contributed by atoms with Gasteiger partial charge in [-0.05, 0) is 56.9 Å². The lowest BCUT2D eigenvalue weighted by atomic mass is 9.97. The van der Waals surface area contributed by atoms with Crippen molar-refractivity contribution in [1.82, 2.24) is 0 Å². The number of hydrogen-bond donors (Lipinski definition) is 0. The minimum Gasteiger partial charge on any atom is -0.0843 e. The van der Waals surface area contributed by atoms with Crippen LogP contribution in [0.2, 0.25) is 5.02 Å². The average Bonchev–Trinajstić information content (AvgIpc) is 2.55. The molecule has 0 unspecified atom stereocenters. The molecule has 0 spiro atoms. The molecule has 0 amide bonds. The van der Waals surface area contributed by atoms with E-state index in [9.17, 15) is 0 Å². The summed E-state index contributed by atoms with van der Waals surface area (Å²) in [6.07, 6.45) is 0. The highest BCUT2D eigenvalue weighted by atomic mass is 79.9. The van der Waals surface area contributed by atoms with Gasteiger partial charge in [-0.15, -0.1) is 0 Å². The van der Waals surface area contributed by atoms with E-state index in [4.69, 9.17) is 11.6 Å². The van der Waals surface area contributed by atoms with Crippen LogP contribution in [0.3, 0.4) is 0 Å². The molecule has 0 N–H and O–H groups in total. The van der Waals surface area contributed by atoms with Crippen LogP contribution >= 0.6 is 27.5 Å². The number of rotatable bonds is 1. The highest BCUT2D eigenvalue weighted by Gasteiger charge is 2.05. The molecule has 0 aliphatic rings. The Bertz CT molecular complexity index is 988. The van der Waals surface area contributed by atoms with Crippen molar-refractivity contribution in [2.24, 2.45) is 0 Å². The fourth-order valence-corrected chi connectivity index (χ4v) is 3.50. The Morgan fingerprint density at radius 2 is 1.36 bits per heavy atom. The standard InChI is InChI=1S/C20H12BrCl/c21-20-3-1-2-17-18(20)11-8-14-4-5-15(12-19(14)17)13-6-9-16(22)10-7-13/h1-12H. The van der Waals surface area contributed by atoms with Crippen molar-refractivity contribution in [1.29, 1.82) is 0 Å². The van der Waals surface area contributed by atoms with E-state index in [1.807, 2.05) is 12.1 Å². The van der Waals surface area contributed by atoms with Gasteiger partial charge in [0, 0.05) is 9.50 Å². The molecule has 0 fully saturated rings. The smallest absolute Gasteiger partial charge is 0.0406 e. The number of benzene rings is 4. The van der Waals surface area contributed by atoms with Crippen LogP contribution in [0.25, 0.3) is 32.7 Å². The Kier molecular flexibility index (Phi) is 3.40. The van der Waals surface area contributed by atoms with Crippen molar-refractivity contribution in [3.63, 3.8) is 0 Å². The molecule has 4 aromatic rings. The van der Waals surface area contributed by atoms with Crippen LogP contribution in [0.4, 0.5) is 0 Å². The molecule has 4 rings (SSSR count). The first kappa shape index (κ1) is 13.8. The molecule has 0 bridgehead atoms. The molecule has 0 aliphatic heterocycles. The third-order valence-electron chi connectivity index (χ3n) is 4.00. The molecular weight excluding hydrogens is 356 g/mol. The molecule has 0 saturated carbocycles. The zero-order chi connectivity index (χ0) is 15.1. The van der Waals surface area contributed by atoms with Crippen LogP contribution in [-0.2, 0) is 0 Å². The van der Waals surface area contributed by atoms with Gasteiger partial charge < -0.3 is 0 Å². The molecule has 0 nitrogen and oxygen atoms in total. The van der Waals surface area contributed by atoms with Crippen LogP contribution in [-0.4, -0.2) is 0 Å². The number of fused-ring (bicyclic) bond motifs is 3. The van der Waals surface area contributed by atoms with E-state index >= 15 is 0 Å². The third kappa shape index (κ3) is 2.31. The van der Waals surface area contributed by atoms with Crippen molar-refractivity contribution in [2.75, 3.05) is 0 Å². The summed E-state index contributed by atoms with van der Waals surface area (Å²) >= 11 is 9.62. The molecule has 22 heavy (non-hydrogen) atoms. The van der Waals surface area contributed by atoms with Gasteiger partial charge >= 0.3 is 0 Å². The zero-order valence-corrected chi connectivity index (χ0v) is 14.0. The first-order valence-corrected chi connectivity index (χ1v) is 8.26. The van der Waals surface area contributed by atoms with Crippen molar-refractivity contribution in [2.45, 2.75) is 0 Å². The summed E-state index contributed by atoms with van der Waals surface area (Å²) in [7, 11) is 0. The van der Waals surface area contributed by atoms with Crippen LogP contribution in [0.5, 0.6) is 0 Å². The van der Waals surface area contributed by atoms with E-state index in [1.165, 1.54) is 32.7 Å². The lowest BCUT2D eigenvalue weighted by Crippen LogP contribution is -1.82. The summed E-state index contributed by atoms with van der Waals surface area (Å²) in [5.74, 6) is 0. The van der Waals surface area contributed by atoms with Gasteiger partial charge in [0.05, 0.1) is 0 Å². The molecular formula is C20H12BrCl. The largest absolute Gasteiger partial charge is 0.0843 e. The van der Waals surface area contributed by atoms with Gasteiger partial charge in [-0.25, -0.2) is 0 Å². The highest BCUT2D eigenvalue weighted by Crippen LogP contribution is 2.33. The van der Waals surface area contributed by atoms with Crippen molar-refractivity contribution in [3.8, 4) is 11.1 Å². The fraction of sp³-hybridized carbons (Fsp3) is 0. The minimum absolute atomic E-state index is 0.763. The van der Waals surface area contributed by atoms with Gasteiger partial charge in [0.15, 0.2) is 0 Å². The summed E-state index contributed by atoms with van der Waals surface area (Å²) in [5, 5.41) is 5.79. The first-order chi connectivity index (χ1) is 10.7. The Hall–Kier alpha value is -1.83. The monoisotopic (exact) mass is 366 g/mol. The molecule has 0 aromatic heterocycles. The minimum atomic E-state index is 0.763. The summed E-state index contributed by atoms with van der Waals surface area (Å²) in [6.45, 7) is 0. The molecule has 0 radical (unpaired) electrons. The Morgan fingerprint density at radius 1 is 0.636 bits per heavy atom. The summed E-state index contributed by atoms with van der Waals surface area (Å²) in [4.78, 5) is 0. The van der Waals surface area contributed by atoms with E-state index in [2.05, 4.69) is 76.6 Å². The maximum Gasteiger partial charge on any atom is 0.0406 e. The topological polar surface area (TPSA) is 0 Å². The van der Waals surface area contributed by atoms with Crippen LogP contribution in [0.15, 0.2) is 77.3 Å². The lowest BCUT2D eigenvalue weighted by molar-refractivity contribution is 1.65. The molecule has 0 saturated heterocycles. The van der Waals surface area contributed by atoms with Gasteiger partial charge in [-0.3, -0.25) is 0 Å². The van der Waals surface area contributed by atoms with Gasteiger partial charge in [0.2, 0.25) is 0 Å². The summed E-state index contributed by atoms with van der Waals surface area (Å²) < 4.78 is 1.13. The van der Waals surface area contributed by atoms with Crippen LogP contribution < -0.4 is 0 Å². The predicted molar refractivity (Wildman–Crippen MR) is 99.6 cm³/mol. The molecule has 0 atom stereocenters. The maximum atomic E-state index is 5.98. The van der Waals surface area contributed by atoms with Gasteiger partial charge in [-0.1, -0.05) is 76.1 Å². The SMILES string of the molecule is Clc1ccc(-c2ccc3ccc4c(Br)cccc4c3c2)cc1. The summed E-state index contributed by atoms with van der Waals surface area (Å²) in [6, 6.07) is 25.3. The molecule has 106 valence electrons. The van der Waals surface area contributed by atoms with Gasteiger partial charge in [0.1, 0.15) is 0 Å². The predicted octanol–water partition coefficient (Wildman–Crippen LogP) is 7.08. The quantitative estimate of drug-likeness (QED) is 0.315. The fourth-order valence-electron chi connectivity index (χ4n) is 2.87. The number of hydrogen-bond acceptors (Lipinski definition) is 0. The second-order valence-corrected chi connectivity index (χ2v) is 6.63. The second-order valence-electron chi connectivity index (χ2n) is 5.34. The Labute approximate surface area is 142 Å². The Morgan fingerprint density at radius 3 is 2.18 bits per heavy atom. The van der Waals surface area contributed by atoms with Crippen molar-refractivity contribution < 1.29 is 0 Å². The van der Waals surface area contributed by atoms with Crippen LogP contribution in [0.1, 0.15) is 0 Å². The van der Waals surface area contributed by atoms with E-state index in [0.29, 0.717) is 0 Å². The average molecular weight is 368 g/mol. The second kappa shape index (κ2) is 5.42. The van der Waals surface area contributed by atoms with E-state index < -0.39 is 0 Å². The normalized spacial score (nSPS) is 11.2. The van der Waals surface area contributed by atoms with E-state index in [0.717, 1.165) is 9.50 Å². The number of halogens is 2.